The third kappa shape index (κ3) is 2.82. The minimum atomic E-state index is -0.129. The smallest absolute Gasteiger partial charge is 0.231 e. The summed E-state index contributed by atoms with van der Waals surface area (Å²) < 4.78 is 10.8. The molecule has 116 valence electrons. The molecule has 5 nitrogen and oxygen atoms in total. The number of aromatic nitrogens is 1. The monoisotopic (exact) mass is 318 g/mol. The molecular formula is C16H18N2O3S. The zero-order valence-corrected chi connectivity index (χ0v) is 13.0. The van der Waals surface area contributed by atoms with Crippen LogP contribution < -0.4 is 9.47 Å². The normalized spacial score (nSPS) is 18.8. The summed E-state index contributed by atoms with van der Waals surface area (Å²) in [6.45, 7) is 3.03. The predicted octanol–water partition coefficient (Wildman–Crippen LogP) is 2.50. The lowest BCUT2D eigenvalue weighted by atomic mass is 10.1. The molecule has 1 saturated heterocycles. The van der Waals surface area contributed by atoms with Crippen molar-refractivity contribution in [2.24, 2.45) is 0 Å². The second-order valence-corrected chi connectivity index (χ2v) is 6.58. The summed E-state index contributed by atoms with van der Waals surface area (Å²) in [6, 6.07) is 5.94. The van der Waals surface area contributed by atoms with E-state index >= 15 is 0 Å². The fourth-order valence-corrected chi connectivity index (χ4v) is 3.66. The Labute approximate surface area is 133 Å². The predicted molar refractivity (Wildman–Crippen MR) is 84.2 cm³/mol. The van der Waals surface area contributed by atoms with Gasteiger partial charge in [-0.1, -0.05) is 0 Å². The maximum absolute atomic E-state index is 9.56. The van der Waals surface area contributed by atoms with Crippen molar-refractivity contribution in [2.75, 3.05) is 19.9 Å². The molecule has 0 unspecified atom stereocenters. The fourth-order valence-electron chi connectivity index (χ4n) is 2.85. The fraction of sp³-hybridized carbons (Fsp3) is 0.438. The zero-order valence-electron chi connectivity index (χ0n) is 12.2. The Hall–Kier alpha value is -1.63. The van der Waals surface area contributed by atoms with Gasteiger partial charge in [0, 0.05) is 30.6 Å². The number of fused-ring (bicyclic) bond motifs is 1. The van der Waals surface area contributed by atoms with Crippen LogP contribution >= 0.6 is 11.3 Å². The Morgan fingerprint density at radius 3 is 2.91 bits per heavy atom. The summed E-state index contributed by atoms with van der Waals surface area (Å²) >= 11 is 1.65. The third-order valence-corrected chi connectivity index (χ3v) is 5.05. The van der Waals surface area contributed by atoms with Gasteiger partial charge in [0.1, 0.15) is 5.01 Å². The molecule has 0 amide bonds. The van der Waals surface area contributed by atoms with Gasteiger partial charge in [-0.3, -0.25) is 4.90 Å². The lowest BCUT2D eigenvalue weighted by Crippen LogP contribution is -2.35. The SMILES string of the molecule is OC1CCN(Cc2csc(-c3ccc4c(c3)OCO4)n2)CC1. The van der Waals surface area contributed by atoms with E-state index in [4.69, 9.17) is 14.5 Å². The van der Waals surface area contributed by atoms with Crippen molar-refractivity contribution in [1.29, 1.82) is 0 Å². The number of nitrogens with zero attached hydrogens (tertiary/aromatic N) is 2. The third-order valence-electron chi connectivity index (χ3n) is 4.11. The summed E-state index contributed by atoms with van der Waals surface area (Å²) in [5.74, 6) is 1.59. The van der Waals surface area contributed by atoms with E-state index in [2.05, 4.69) is 10.3 Å². The van der Waals surface area contributed by atoms with E-state index in [9.17, 15) is 5.11 Å². The molecule has 2 aliphatic rings. The first-order valence-corrected chi connectivity index (χ1v) is 8.41. The molecule has 0 aliphatic carbocycles. The van der Waals surface area contributed by atoms with E-state index in [1.54, 1.807) is 11.3 Å². The van der Waals surface area contributed by atoms with Crippen LogP contribution in [0.1, 0.15) is 18.5 Å². The summed E-state index contributed by atoms with van der Waals surface area (Å²) in [5, 5.41) is 12.7. The van der Waals surface area contributed by atoms with Gasteiger partial charge in [0.25, 0.3) is 0 Å². The average Bonchev–Trinajstić information content (AvgIpc) is 3.17. The molecule has 4 rings (SSSR count). The van der Waals surface area contributed by atoms with Gasteiger partial charge in [-0.15, -0.1) is 11.3 Å². The van der Waals surface area contributed by atoms with Crippen LogP contribution in [0.25, 0.3) is 10.6 Å². The number of likely N-dealkylation sites (tertiary alicyclic amines) is 1. The number of aliphatic hydroxyl groups is 1. The number of aliphatic hydroxyl groups excluding tert-OH is 1. The Balaban J connectivity index is 1.47. The largest absolute Gasteiger partial charge is 0.454 e. The van der Waals surface area contributed by atoms with Crippen LogP contribution in [0.15, 0.2) is 23.6 Å². The molecule has 3 heterocycles. The molecule has 2 aromatic rings. The minimum Gasteiger partial charge on any atom is -0.454 e. The highest BCUT2D eigenvalue weighted by Gasteiger charge is 2.19. The molecule has 1 fully saturated rings. The summed E-state index contributed by atoms with van der Waals surface area (Å²) in [5.41, 5.74) is 2.16. The van der Waals surface area contributed by atoms with Gasteiger partial charge >= 0.3 is 0 Å². The van der Waals surface area contributed by atoms with Gasteiger partial charge in [-0.2, -0.15) is 0 Å². The molecular weight excluding hydrogens is 300 g/mol. The summed E-state index contributed by atoms with van der Waals surface area (Å²) in [7, 11) is 0. The van der Waals surface area contributed by atoms with E-state index in [1.165, 1.54) is 0 Å². The van der Waals surface area contributed by atoms with Gasteiger partial charge < -0.3 is 14.6 Å². The molecule has 0 saturated carbocycles. The Bertz CT molecular complexity index is 665. The van der Waals surface area contributed by atoms with Crippen molar-refractivity contribution >= 4 is 11.3 Å². The number of hydrogen-bond acceptors (Lipinski definition) is 6. The first-order valence-electron chi connectivity index (χ1n) is 7.53. The maximum Gasteiger partial charge on any atom is 0.231 e. The number of ether oxygens (including phenoxy) is 2. The highest BCUT2D eigenvalue weighted by atomic mass is 32.1. The van der Waals surface area contributed by atoms with Crippen molar-refractivity contribution in [1.82, 2.24) is 9.88 Å². The molecule has 1 aromatic heterocycles. The molecule has 22 heavy (non-hydrogen) atoms. The number of hydrogen-bond donors (Lipinski definition) is 1. The number of benzene rings is 1. The molecule has 0 spiro atoms. The van der Waals surface area contributed by atoms with Crippen LogP contribution in [0.2, 0.25) is 0 Å². The summed E-state index contributed by atoms with van der Waals surface area (Å²) in [6.07, 6.45) is 1.59. The van der Waals surface area contributed by atoms with Crippen molar-refractivity contribution in [3.8, 4) is 22.1 Å². The topological polar surface area (TPSA) is 54.8 Å². The molecule has 6 heteroatoms. The van der Waals surface area contributed by atoms with Gasteiger partial charge in [-0.25, -0.2) is 4.98 Å². The quantitative estimate of drug-likeness (QED) is 0.942. The second kappa shape index (κ2) is 5.87. The molecule has 1 aromatic carbocycles. The lowest BCUT2D eigenvalue weighted by Gasteiger charge is -2.28. The lowest BCUT2D eigenvalue weighted by molar-refractivity contribution is 0.0787. The Morgan fingerprint density at radius 2 is 2.05 bits per heavy atom. The molecule has 0 radical (unpaired) electrons. The van der Waals surface area contributed by atoms with Crippen molar-refractivity contribution in [3.63, 3.8) is 0 Å². The van der Waals surface area contributed by atoms with Gasteiger partial charge in [0.2, 0.25) is 6.79 Å². The Morgan fingerprint density at radius 1 is 1.23 bits per heavy atom. The standard InChI is InChI=1S/C16H18N2O3S/c19-13-3-5-18(6-4-13)8-12-9-22-16(17-12)11-1-2-14-15(7-11)21-10-20-14/h1-2,7,9,13,19H,3-6,8,10H2. The van der Waals surface area contributed by atoms with E-state index in [0.717, 1.165) is 60.2 Å². The van der Waals surface area contributed by atoms with Crippen molar-refractivity contribution in [3.05, 3.63) is 29.3 Å². The Kier molecular flexibility index (Phi) is 3.73. The van der Waals surface area contributed by atoms with Crippen LogP contribution in [0, 0.1) is 0 Å². The highest BCUT2D eigenvalue weighted by molar-refractivity contribution is 7.13. The van der Waals surface area contributed by atoms with Gasteiger partial charge in [0.05, 0.1) is 11.8 Å². The zero-order chi connectivity index (χ0) is 14.9. The second-order valence-electron chi connectivity index (χ2n) is 5.72. The van der Waals surface area contributed by atoms with Crippen molar-refractivity contribution in [2.45, 2.75) is 25.5 Å². The van der Waals surface area contributed by atoms with Gasteiger partial charge in [0.15, 0.2) is 11.5 Å². The van der Waals surface area contributed by atoms with Crippen molar-refractivity contribution < 1.29 is 14.6 Å². The van der Waals surface area contributed by atoms with E-state index in [1.807, 2.05) is 18.2 Å². The molecule has 2 aliphatic heterocycles. The minimum absolute atomic E-state index is 0.129. The van der Waals surface area contributed by atoms with Crippen LogP contribution in [-0.4, -0.2) is 41.0 Å². The van der Waals surface area contributed by atoms with E-state index in [0.29, 0.717) is 6.79 Å². The number of thiazole rings is 1. The number of rotatable bonds is 3. The van der Waals surface area contributed by atoms with E-state index < -0.39 is 0 Å². The molecule has 1 N–H and O–H groups in total. The van der Waals surface area contributed by atoms with Gasteiger partial charge in [-0.05, 0) is 31.0 Å². The maximum atomic E-state index is 9.56. The van der Waals surface area contributed by atoms with Crippen LogP contribution in [0.5, 0.6) is 11.5 Å². The van der Waals surface area contributed by atoms with Crippen LogP contribution in [0.4, 0.5) is 0 Å². The van der Waals surface area contributed by atoms with Crippen LogP contribution in [-0.2, 0) is 6.54 Å². The number of piperidine rings is 1. The highest BCUT2D eigenvalue weighted by Crippen LogP contribution is 2.36. The van der Waals surface area contributed by atoms with E-state index in [-0.39, 0.29) is 6.10 Å². The average molecular weight is 318 g/mol. The summed E-state index contributed by atoms with van der Waals surface area (Å²) in [4.78, 5) is 7.09. The first kappa shape index (κ1) is 14.0. The first-order chi connectivity index (χ1) is 10.8. The van der Waals surface area contributed by atoms with Crippen LogP contribution in [0.3, 0.4) is 0 Å². The molecule has 0 atom stereocenters. The molecule has 0 bridgehead atoms.